The maximum atomic E-state index is 5.00. The second-order valence-corrected chi connectivity index (χ2v) is 3.03. The van der Waals surface area contributed by atoms with Gasteiger partial charge in [0, 0.05) is 5.88 Å². The van der Waals surface area contributed by atoms with E-state index < -0.39 is 4.30 Å². The zero-order chi connectivity index (χ0) is 8.28. The Kier molecular flexibility index (Phi) is 42.3. The van der Waals surface area contributed by atoms with Gasteiger partial charge >= 0.3 is 0 Å². The van der Waals surface area contributed by atoms with E-state index in [4.69, 9.17) is 46.4 Å². The zero-order valence-electron chi connectivity index (χ0n) is 5.21. The smallest absolute Gasteiger partial charge is 0.127 e. The molecule has 0 aromatic carbocycles. The molecule has 0 nitrogen and oxygen atoms in total. The maximum absolute atomic E-state index is 5.00. The first kappa shape index (κ1) is 16.5. The Labute approximate surface area is 76.7 Å². The largest absolute Gasteiger partial charge is 0.180 e. The van der Waals surface area contributed by atoms with E-state index in [0.717, 1.165) is 5.88 Å². The van der Waals surface area contributed by atoms with Crippen molar-refractivity contribution < 1.29 is 0 Å². The van der Waals surface area contributed by atoms with E-state index in [1.54, 1.807) is 0 Å². The van der Waals surface area contributed by atoms with Gasteiger partial charge in [-0.1, -0.05) is 41.7 Å². The van der Waals surface area contributed by atoms with Crippen LogP contribution in [0.3, 0.4) is 0 Å². The molecule has 0 bridgehead atoms. The summed E-state index contributed by atoms with van der Waals surface area (Å²) in [4.78, 5) is 0. The highest BCUT2D eigenvalue weighted by Gasteiger charge is 1.78. The van der Waals surface area contributed by atoms with Gasteiger partial charge in [-0.05, 0) is 0 Å². The van der Waals surface area contributed by atoms with Crippen molar-refractivity contribution in [1.29, 1.82) is 0 Å². The van der Waals surface area contributed by atoms with E-state index in [2.05, 4.69) is 13.2 Å². The fourth-order valence-electron chi connectivity index (χ4n) is 0. The summed E-state index contributed by atoms with van der Waals surface area (Å²) in [5.74, 6) is 0.722. The van der Waals surface area contributed by atoms with Crippen LogP contribution in [0.25, 0.3) is 0 Å². The lowest BCUT2D eigenvalue weighted by Crippen LogP contribution is -1.55. The molecule has 0 aliphatic heterocycles. The van der Waals surface area contributed by atoms with Gasteiger partial charge in [-0.3, -0.25) is 0 Å². The summed E-state index contributed by atoms with van der Waals surface area (Å²) in [5.41, 5.74) is 0. The topological polar surface area (TPSA) is 0 Å². The predicted octanol–water partition coefficient (Wildman–Crippen LogP) is 4.03. The Balaban J connectivity index is -0.0000000646. The van der Waals surface area contributed by atoms with Gasteiger partial charge in [0.15, 0.2) is 4.30 Å². The SMILES string of the molecule is C=C.CCCl.ClC(Cl)Cl. The van der Waals surface area contributed by atoms with Crippen LogP contribution in [-0.4, -0.2) is 10.2 Å². The molecule has 0 unspecified atom stereocenters. The van der Waals surface area contributed by atoms with Gasteiger partial charge in [0.1, 0.15) is 0 Å². The predicted molar refractivity (Wildman–Crippen MR) is 49.0 cm³/mol. The normalized spacial score (nSPS) is 6.44. The van der Waals surface area contributed by atoms with Gasteiger partial charge in [0.2, 0.25) is 0 Å². The first-order valence-electron chi connectivity index (χ1n) is 2.13. The molecule has 0 radical (unpaired) electrons. The lowest BCUT2D eigenvalue weighted by molar-refractivity contribution is 1.51. The summed E-state index contributed by atoms with van der Waals surface area (Å²) in [6.07, 6.45) is 0. The molecule has 0 fully saturated rings. The maximum Gasteiger partial charge on any atom is 0.180 e. The average molecular weight is 212 g/mol. The number of halogens is 4. The zero-order valence-corrected chi connectivity index (χ0v) is 8.23. The van der Waals surface area contributed by atoms with Crippen LogP contribution in [0.4, 0.5) is 0 Å². The molecule has 0 rings (SSSR count). The molecule has 0 heterocycles. The molecule has 0 spiro atoms. The van der Waals surface area contributed by atoms with Crippen LogP contribution in [0.2, 0.25) is 0 Å². The third-order valence-electron chi connectivity index (χ3n) is 0. The fraction of sp³-hybridized carbons (Fsp3) is 0.600. The van der Waals surface area contributed by atoms with Crippen molar-refractivity contribution in [3.05, 3.63) is 13.2 Å². The van der Waals surface area contributed by atoms with E-state index in [9.17, 15) is 0 Å². The molecule has 0 aliphatic rings. The van der Waals surface area contributed by atoms with Crippen LogP contribution in [0, 0.1) is 0 Å². The van der Waals surface area contributed by atoms with Crippen molar-refractivity contribution in [2.75, 3.05) is 5.88 Å². The third kappa shape index (κ3) is 523. The number of rotatable bonds is 0. The van der Waals surface area contributed by atoms with Crippen molar-refractivity contribution in [3.8, 4) is 0 Å². The lowest BCUT2D eigenvalue weighted by atomic mass is 11.0. The molecular formula is C5H10Cl4. The Hall–Kier alpha value is 0.900. The van der Waals surface area contributed by atoms with E-state index in [1.807, 2.05) is 6.92 Å². The van der Waals surface area contributed by atoms with Crippen molar-refractivity contribution in [2.24, 2.45) is 0 Å². The van der Waals surface area contributed by atoms with Gasteiger partial charge in [0.05, 0.1) is 0 Å². The number of alkyl halides is 4. The highest BCUT2D eigenvalue weighted by atomic mass is 35.6. The molecule has 4 heteroatoms. The van der Waals surface area contributed by atoms with Crippen LogP contribution in [0.15, 0.2) is 13.2 Å². The minimum atomic E-state index is -0.750. The van der Waals surface area contributed by atoms with Gasteiger partial charge in [-0.15, -0.1) is 24.8 Å². The standard InChI is InChI=1S/C2H5Cl.C2H4.CHCl3/c1-2-3;1-2;2-1(3)4/h2H2,1H3;1-2H2;1H. The summed E-state index contributed by atoms with van der Waals surface area (Å²) in [5, 5.41) is 0. The summed E-state index contributed by atoms with van der Waals surface area (Å²) >= 11 is 19.4. The highest BCUT2D eigenvalue weighted by Crippen LogP contribution is 2.03. The van der Waals surface area contributed by atoms with Crippen molar-refractivity contribution >= 4 is 46.4 Å². The van der Waals surface area contributed by atoms with Crippen molar-refractivity contribution in [2.45, 2.75) is 11.2 Å². The molecular weight excluding hydrogens is 202 g/mol. The van der Waals surface area contributed by atoms with Gasteiger partial charge in [-0.2, -0.15) is 0 Å². The van der Waals surface area contributed by atoms with E-state index >= 15 is 0 Å². The van der Waals surface area contributed by atoms with Crippen LogP contribution < -0.4 is 0 Å². The number of hydrogen-bond donors (Lipinski definition) is 0. The number of hydrogen-bond acceptors (Lipinski definition) is 0. The summed E-state index contributed by atoms with van der Waals surface area (Å²) < 4.78 is -0.750. The third-order valence-corrected chi connectivity index (χ3v) is 0. The Morgan fingerprint density at radius 2 is 1.22 bits per heavy atom. The van der Waals surface area contributed by atoms with Crippen LogP contribution in [0.5, 0.6) is 0 Å². The molecule has 9 heavy (non-hydrogen) atoms. The minimum Gasteiger partial charge on any atom is -0.127 e. The molecule has 0 aliphatic carbocycles. The molecule has 0 N–H and O–H groups in total. The minimum absolute atomic E-state index is 0.722. The monoisotopic (exact) mass is 210 g/mol. The lowest BCUT2D eigenvalue weighted by Gasteiger charge is -1.69. The van der Waals surface area contributed by atoms with Crippen LogP contribution >= 0.6 is 46.4 Å². The molecule has 0 aromatic heterocycles. The van der Waals surface area contributed by atoms with Gasteiger partial charge < -0.3 is 0 Å². The second kappa shape index (κ2) is 23.1. The van der Waals surface area contributed by atoms with Crippen molar-refractivity contribution in [1.82, 2.24) is 0 Å². The van der Waals surface area contributed by atoms with E-state index in [1.165, 1.54) is 0 Å². The molecule has 0 aromatic rings. The molecule has 58 valence electrons. The quantitative estimate of drug-likeness (QED) is 0.419. The Morgan fingerprint density at radius 1 is 1.22 bits per heavy atom. The highest BCUT2D eigenvalue weighted by molar-refractivity contribution is 6.63. The van der Waals surface area contributed by atoms with Crippen molar-refractivity contribution in [3.63, 3.8) is 0 Å². The molecule has 0 saturated heterocycles. The fourth-order valence-corrected chi connectivity index (χ4v) is 0. The molecule has 0 amide bonds. The van der Waals surface area contributed by atoms with Gasteiger partial charge in [0.25, 0.3) is 0 Å². The Morgan fingerprint density at radius 3 is 1.22 bits per heavy atom. The second-order valence-electron chi connectivity index (χ2n) is 0.515. The van der Waals surface area contributed by atoms with E-state index in [0.29, 0.717) is 0 Å². The summed E-state index contributed by atoms with van der Waals surface area (Å²) in [6.45, 7) is 7.89. The van der Waals surface area contributed by atoms with E-state index in [-0.39, 0.29) is 0 Å². The summed E-state index contributed by atoms with van der Waals surface area (Å²) in [6, 6.07) is 0. The Bertz CT molecular complexity index is 27.4. The average Bonchev–Trinajstić information content (AvgIpc) is 1.71. The van der Waals surface area contributed by atoms with Crippen LogP contribution in [0.1, 0.15) is 6.92 Å². The molecule has 0 saturated carbocycles. The van der Waals surface area contributed by atoms with Gasteiger partial charge in [-0.25, -0.2) is 0 Å². The first-order valence-corrected chi connectivity index (χ1v) is 3.97. The molecule has 0 atom stereocenters. The first-order chi connectivity index (χ1) is 4.15. The summed E-state index contributed by atoms with van der Waals surface area (Å²) in [7, 11) is 0. The van der Waals surface area contributed by atoms with Crippen LogP contribution in [-0.2, 0) is 0 Å².